The number of aryl methyl sites for hydroxylation is 2. The molecule has 1 atom stereocenters. The molecule has 0 saturated heterocycles. The van der Waals surface area contributed by atoms with Gasteiger partial charge in [-0.05, 0) is 48.1 Å². The Morgan fingerprint density at radius 3 is 2.45 bits per heavy atom. The summed E-state index contributed by atoms with van der Waals surface area (Å²) in [6.07, 6.45) is 1.19. The van der Waals surface area contributed by atoms with Crippen molar-refractivity contribution in [2.24, 2.45) is 0 Å². The molecule has 1 unspecified atom stereocenters. The van der Waals surface area contributed by atoms with E-state index < -0.39 is 0 Å². The molecule has 0 bridgehead atoms. The van der Waals surface area contributed by atoms with Gasteiger partial charge in [-0.2, -0.15) is 0 Å². The maximum atomic E-state index is 13.4. The van der Waals surface area contributed by atoms with E-state index in [-0.39, 0.29) is 17.6 Å². The van der Waals surface area contributed by atoms with Crippen molar-refractivity contribution in [1.82, 2.24) is 14.0 Å². The van der Waals surface area contributed by atoms with E-state index in [9.17, 15) is 9.59 Å². The van der Waals surface area contributed by atoms with E-state index in [1.54, 1.807) is 20.5 Å². The highest BCUT2D eigenvalue weighted by Gasteiger charge is 2.32. The topological polar surface area (TPSA) is 47.2 Å². The number of hydrogen-bond donors (Lipinski definition) is 0. The van der Waals surface area contributed by atoms with Crippen molar-refractivity contribution in [2.75, 3.05) is 6.54 Å². The average Bonchev–Trinajstić information content (AvgIpc) is 3.39. The van der Waals surface area contributed by atoms with Crippen LogP contribution in [0.1, 0.15) is 35.4 Å². The Bertz CT molecular complexity index is 1290. The Kier molecular flexibility index (Phi) is 5.24. The number of para-hydroxylation sites is 2. The number of amides is 1. The number of hydrogen-bond acceptors (Lipinski definition) is 3. The molecule has 3 heterocycles. The molecule has 6 heteroatoms. The van der Waals surface area contributed by atoms with Gasteiger partial charge in [0.2, 0.25) is 5.91 Å². The van der Waals surface area contributed by atoms with Gasteiger partial charge in [-0.1, -0.05) is 42.5 Å². The van der Waals surface area contributed by atoms with Crippen molar-refractivity contribution in [2.45, 2.75) is 38.9 Å². The van der Waals surface area contributed by atoms with Crippen LogP contribution in [0.3, 0.4) is 0 Å². The SMILES string of the molecule is CCn1c(=O)n(CCC(=O)N2CCc3sccc3C2c2ccccc2)c2ccccc21. The van der Waals surface area contributed by atoms with E-state index in [4.69, 9.17) is 0 Å². The van der Waals surface area contributed by atoms with Gasteiger partial charge < -0.3 is 4.90 Å². The van der Waals surface area contributed by atoms with Crippen molar-refractivity contribution in [3.63, 3.8) is 0 Å². The summed E-state index contributed by atoms with van der Waals surface area (Å²) >= 11 is 1.77. The first kappa shape index (κ1) is 19.8. The van der Waals surface area contributed by atoms with E-state index in [0.29, 0.717) is 26.1 Å². The highest BCUT2D eigenvalue weighted by molar-refractivity contribution is 7.10. The summed E-state index contributed by atoms with van der Waals surface area (Å²) in [5.74, 6) is 0.0888. The number of fused-ring (bicyclic) bond motifs is 2. The molecule has 0 saturated carbocycles. The van der Waals surface area contributed by atoms with Gasteiger partial charge in [-0.25, -0.2) is 4.79 Å². The maximum absolute atomic E-state index is 13.4. The lowest BCUT2D eigenvalue weighted by Gasteiger charge is -2.36. The summed E-state index contributed by atoms with van der Waals surface area (Å²) in [6.45, 7) is 3.68. The summed E-state index contributed by atoms with van der Waals surface area (Å²) in [7, 11) is 0. The largest absolute Gasteiger partial charge is 0.331 e. The predicted molar refractivity (Wildman–Crippen MR) is 125 cm³/mol. The normalized spacial score (nSPS) is 15.9. The Balaban J connectivity index is 1.44. The molecule has 4 aromatic rings. The molecular weight excluding hydrogens is 406 g/mol. The molecule has 158 valence electrons. The minimum Gasteiger partial charge on any atom is -0.331 e. The maximum Gasteiger partial charge on any atom is 0.329 e. The van der Waals surface area contributed by atoms with Crippen LogP contribution in [0, 0.1) is 0 Å². The summed E-state index contributed by atoms with van der Waals surface area (Å²) in [5, 5.41) is 2.12. The fraction of sp³-hybridized carbons (Fsp3) is 0.280. The van der Waals surface area contributed by atoms with Crippen LogP contribution in [-0.4, -0.2) is 26.5 Å². The second-order valence-electron chi connectivity index (χ2n) is 7.87. The van der Waals surface area contributed by atoms with Gasteiger partial charge in [-0.15, -0.1) is 11.3 Å². The van der Waals surface area contributed by atoms with Gasteiger partial charge in [0.25, 0.3) is 0 Å². The van der Waals surface area contributed by atoms with Gasteiger partial charge in [0, 0.05) is 30.9 Å². The van der Waals surface area contributed by atoms with E-state index >= 15 is 0 Å². The van der Waals surface area contributed by atoms with Crippen LogP contribution in [0.5, 0.6) is 0 Å². The van der Waals surface area contributed by atoms with Crippen LogP contribution < -0.4 is 5.69 Å². The van der Waals surface area contributed by atoms with Crippen LogP contribution >= 0.6 is 11.3 Å². The number of thiophene rings is 1. The molecule has 2 aromatic carbocycles. The number of nitrogens with zero attached hydrogens (tertiary/aromatic N) is 3. The standard InChI is InChI=1S/C25H25N3O2S/c1-2-26-20-10-6-7-11-21(20)27(25(26)30)16-13-23(29)28-15-12-22-19(14-17-31-22)24(28)18-8-4-3-5-9-18/h3-11,14,17,24H,2,12-13,15-16H2,1H3. The molecule has 5 rings (SSSR count). The van der Waals surface area contributed by atoms with Crippen LogP contribution in [0.25, 0.3) is 11.0 Å². The van der Waals surface area contributed by atoms with E-state index in [1.165, 1.54) is 10.4 Å². The zero-order valence-corrected chi connectivity index (χ0v) is 18.3. The van der Waals surface area contributed by atoms with E-state index in [0.717, 1.165) is 23.0 Å². The Morgan fingerprint density at radius 1 is 1.00 bits per heavy atom. The second kappa shape index (κ2) is 8.19. The van der Waals surface area contributed by atoms with Crippen molar-refractivity contribution in [3.05, 3.63) is 92.5 Å². The number of rotatable bonds is 5. The van der Waals surface area contributed by atoms with Crippen LogP contribution in [0.4, 0.5) is 0 Å². The number of carbonyl (C=O) groups is 1. The number of imidazole rings is 1. The lowest BCUT2D eigenvalue weighted by atomic mass is 9.93. The van der Waals surface area contributed by atoms with Gasteiger partial charge >= 0.3 is 5.69 Å². The fourth-order valence-corrected chi connectivity index (χ4v) is 5.63. The van der Waals surface area contributed by atoms with Gasteiger partial charge in [-0.3, -0.25) is 13.9 Å². The van der Waals surface area contributed by atoms with Crippen LogP contribution in [0.15, 0.2) is 70.8 Å². The number of carbonyl (C=O) groups excluding carboxylic acids is 1. The lowest BCUT2D eigenvalue weighted by Crippen LogP contribution is -2.40. The van der Waals surface area contributed by atoms with Crippen molar-refractivity contribution < 1.29 is 4.79 Å². The third-order valence-electron chi connectivity index (χ3n) is 6.19. The number of benzene rings is 2. The molecule has 31 heavy (non-hydrogen) atoms. The Morgan fingerprint density at radius 2 is 1.71 bits per heavy atom. The quantitative estimate of drug-likeness (QED) is 0.469. The smallest absolute Gasteiger partial charge is 0.329 e. The fourth-order valence-electron chi connectivity index (χ4n) is 4.73. The van der Waals surface area contributed by atoms with Crippen molar-refractivity contribution in [3.8, 4) is 0 Å². The first-order valence-corrected chi connectivity index (χ1v) is 11.7. The third-order valence-corrected chi connectivity index (χ3v) is 7.19. The molecule has 5 nitrogen and oxygen atoms in total. The summed E-state index contributed by atoms with van der Waals surface area (Å²) < 4.78 is 3.51. The van der Waals surface area contributed by atoms with Gasteiger partial charge in [0.1, 0.15) is 0 Å². The molecule has 0 spiro atoms. The summed E-state index contributed by atoms with van der Waals surface area (Å²) in [4.78, 5) is 29.7. The molecule has 0 aliphatic carbocycles. The molecular formula is C25H25N3O2S. The van der Waals surface area contributed by atoms with E-state index in [2.05, 4.69) is 23.6 Å². The Labute approximate surface area is 185 Å². The minimum atomic E-state index is -0.0580. The van der Waals surface area contributed by atoms with Crippen LogP contribution in [0.2, 0.25) is 0 Å². The highest BCUT2D eigenvalue weighted by atomic mass is 32.1. The van der Waals surface area contributed by atoms with Gasteiger partial charge in [0.15, 0.2) is 0 Å². The second-order valence-corrected chi connectivity index (χ2v) is 8.87. The highest BCUT2D eigenvalue weighted by Crippen LogP contribution is 2.38. The third kappa shape index (κ3) is 3.41. The molecule has 1 aliphatic rings. The molecule has 0 N–H and O–H groups in total. The zero-order valence-electron chi connectivity index (χ0n) is 17.5. The molecule has 2 aromatic heterocycles. The summed E-state index contributed by atoms with van der Waals surface area (Å²) in [5.41, 5.74) is 4.13. The first-order chi connectivity index (χ1) is 15.2. The lowest BCUT2D eigenvalue weighted by molar-refractivity contribution is -0.133. The average molecular weight is 432 g/mol. The zero-order chi connectivity index (χ0) is 21.4. The summed E-state index contributed by atoms with van der Waals surface area (Å²) in [6, 6.07) is 20.1. The Hall–Kier alpha value is -3.12. The number of aromatic nitrogens is 2. The van der Waals surface area contributed by atoms with Crippen LogP contribution in [-0.2, 0) is 24.3 Å². The molecule has 1 aliphatic heterocycles. The molecule has 0 fully saturated rings. The van der Waals surface area contributed by atoms with Crippen molar-refractivity contribution in [1.29, 1.82) is 0 Å². The molecule has 0 radical (unpaired) electrons. The molecule has 1 amide bonds. The monoisotopic (exact) mass is 431 g/mol. The first-order valence-electron chi connectivity index (χ1n) is 10.8. The van der Waals surface area contributed by atoms with Gasteiger partial charge in [0.05, 0.1) is 17.1 Å². The predicted octanol–water partition coefficient (Wildman–Crippen LogP) is 4.45. The minimum absolute atomic E-state index is 0.0464. The van der Waals surface area contributed by atoms with Crippen molar-refractivity contribution >= 4 is 28.3 Å². The van der Waals surface area contributed by atoms with E-state index in [1.807, 2.05) is 54.3 Å².